The van der Waals surface area contributed by atoms with Crippen molar-refractivity contribution in [1.29, 1.82) is 0 Å². The first-order chi connectivity index (χ1) is 7.89. The fourth-order valence-corrected chi connectivity index (χ4v) is 1.96. The van der Waals surface area contributed by atoms with Gasteiger partial charge in [-0.1, -0.05) is 45.9 Å². The van der Waals surface area contributed by atoms with Crippen LogP contribution in [-0.2, 0) is 0 Å². The lowest BCUT2D eigenvalue weighted by molar-refractivity contribution is 0.633. The van der Waals surface area contributed by atoms with Crippen LogP contribution in [0, 0.1) is 5.41 Å². The third-order valence-electron chi connectivity index (χ3n) is 3.13. The second-order valence-corrected chi connectivity index (χ2v) is 5.58. The Hall–Kier alpha value is -1.57. The minimum atomic E-state index is 0.0768. The smallest absolute Gasteiger partial charge is 0.127 e. The number of nitrogens with zero attached hydrogens (tertiary/aromatic N) is 1. The van der Waals surface area contributed by atoms with Crippen LogP contribution < -0.4 is 5.73 Å². The fraction of sp³-hybridized carbons (Fsp3) is 0.400. The Bertz CT molecular complexity index is 494. The van der Waals surface area contributed by atoms with Gasteiger partial charge in [-0.15, -0.1) is 0 Å². The molecule has 0 atom stereocenters. The molecule has 90 valence electrons. The molecule has 0 aliphatic heterocycles. The van der Waals surface area contributed by atoms with Crippen LogP contribution in [0.4, 0.5) is 5.82 Å². The van der Waals surface area contributed by atoms with Gasteiger partial charge in [0.2, 0.25) is 0 Å². The van der Waals surface area contributed by atoms with E-state index in [1.165, 1.54) is 0 Å². The zero-order valence-electron chi connectivity index (χ0n) is 11.0. The number of pyridine rings is 1. The van der Waals surface area contributed by atoms with Crippen molar-refractivity contribution in [2.45, 2.75) is 33.6 Å². The van der Waals surface area contributed by atoms with Gasteiger partial charge in [0.25, 0.3) is 0 Å². The van der Waals surface area contributed by atoms with E-state index < -0.39 is 0 Å². The Morgan fingerprint density at radius 3 is 2.47 bits per heavy atom. The average molecular weight is 228 g/mol. The molecule has 1 aliphatic carbocycles. The Kier molecular flexibility index (Phi) is 2.82. The molecular weight excluding hydrogens is 208 g/mol. The van der Waals surface area contributed by atoms with Gasteiger partial charge in [-0.3, -0.25) is 0 Å². The topological polar surface area (TPSA) is 38.9 Å². The number of nitrogen functional groups attached to an aromatic ring is 1. The van der Waals surface area contributed by atoms with Gasteiger partial charge in [0, 0.05) is 11.0 Å². The number of allylic oxidation sites excluding steroid dienone is 2. The molecule has 0 amide bonds. The predicted octanol–water partition coefficient (Wildman–Crippen LogP) is 3.85. The third kappa shape index (κ3) is 2.41. The van der Waals surface area contributed by atoms with Crippen molar-refractivity contribution in [3.8, 4) is 0 Å². The Morgan fingerprint density at radius 2 is 1.82 bits per heavy atom. The lowest BCUT2D eigenvalue weighted by Crippen LogP contribution is -2.02. The maximum Gasteiger partial charge on any atom is 0.127 e. The van der Waals surface area contributed by atoms with E-state index in [1.54, 1.807) is 0 Å². The normalized spacial score (nSPS) is 17.0. The number of rotatable bonds is 1. The lowest BCUT2D eigenvalue weighted by atomic mass is 9.93. The standard InChI is InChI=1S/C15H20N2/c1-10(2)12-9-11-5-7-15(3,4)8-6-13(11)17-14(12)16/h5-10H,1-4H3,(H2,16,17). The highest BCUT2D eigenvalue weighted by atomic mass is 14.8. The average Bonchev–Trinajstić information content (AvgIpc) is 2.37. The molecule has 0 aromatic carbocycles. The summed E-state index contributed by atoms with van der Waals surface area (Å²) >= 11 is 0. The summed E-state index contributed by atoms with van der Waals surface area (Å²) in [5, 5.41) is 0. The van der Waals surface area contributed by atoms with E-state index in [0.29, 0.717) is 11.7 Å². The molecule has 1 aromatic rings. The highest BCUT2D eigenvalue weighted by Crippen LogP contribution is 2.30. The van der Waals surface area contributed by atoms with Crippen LogP contribution in [0.1, 0.15) is 50.4 Å². The van der Waals surface area contributed by atoms with E-state index in [1.807, 2.05) is 0 Å². The van der Waals surface area contributed by atoms with Gasteiger partial charge in [-0.2, -0.15) is 0 Å². The summed E-state index contributed by atoms with van der Waals surface area (Å²) < 4.78 is 0. The molecule has 2 N–H and O–H groups in total. The molecule has 0 unspecified atom stereocenters. The third-order valence-corrected chi connectivity index (χ3v) is 3.13. The summed E-state index contributed by atoms with van der Waals surface area (Å²) in [5.41, 5.74) is 9.32. The summed E-state index contributed by atoms with van der Waals surface area (Å²) in [6, 6.07) is 2.16. The predicted molar refractivity (Wildman–Crippen MR) is 74.6 cm³/mol. The summed E-state index contributed by atoms with van der Waals surface area (Å²) in [6.07, 6.45) is 8.58. The van der Waals surface area contributed by atoms with E-state index in [-0.39, 0.29) is 5.41 Å². The molecule has 0 spiro atoms. The molecule has 1 heterocycles. The maximum absolute atomic E-state index is 6.00. The summed E-state index contributed by atoms with van der Waals surface area (Å²) in [5.74, 6) is 1.05. The van der Waals surface area contributed by atoms with Crippen LogP contribution in [0.5, 0.6) is 0 Å². The first-order valence-corrected chi connectivity index (χ1v) is 6.08. The first kappa shape index (κ1) is 11.9. The number of anilines is 1. The van der Waals surface area contributed by atoms with Gasteiger partial charge in [0.1, 0.15) is 5.82 Å². The number of fused-ring (bicyclic) bond motifs is 1. The summed E-state index contributed by atoms with van der Waals surface area (Å²) in [4.78, 5) is 4.50. The molecule has 17 heavy (non-hydrogen) atoms. The van der Waals surface area contributed by atoms with Gasteiger partial charge in [-0.05, 0) is 23.6 Å². The number of hydrogen-bond donors (Lipinski definition) is 1. The highest BCUT2D eigenvalue weighted by Gasteiger charge is 2.15. The zero-order chi connectivity index (χ0) is 12.6. The van der Waals surface area contributed by atoms with Crippen molar-refractivity contribution < 1.29 is 0 Å². The molecular formula is C15H20N2. The van der Waals surface area contributed by atoms with Crippen LogP contribution in [-0.4, -0.2) is 4.98 Å². The van der Waals surface area contributed by atoms with Gasteiger partial charge in [0.05, 0.1) is 5.69 Å². The molecule has 0 radical (unpaired) electrons. The van der Waals surface area contributed by atoms with Crippen LogP contribution in [0.25, 0.3) is 12.2 Å². The molecule has 0 saturated carbocycles. The van der Waals surface area contributed by atoms with E-state index in [2.05, 4.69) is 63.0 Å². The molecule has 0 saturated heterocycles. The number of nitrogens with two attached hydrogens (primary N) is 1. The van der Waals surface area contributed by atoms with Crippen molar-refractivity contribution in [3.63, 3.8) is 0 Å². The van der Waals surface area contributed by atoms with Gasteiger partial charge < -0.3 is 5.73 Å². The highest BCUT2D eigenvalue weighted by molar-refractivity contribution is 5.69. The van der Waals surface area contributed by atoms with Crippen LogP contribution >= 0.6 is 0 Å². The van der Waals surface area contributed by atoms with Gasteiger partial charge >= 0.3 is 0 Å². The minimum absolute atomic E-state index is 0.0768. The summed E-state index contributed by atoms with van der Waals surface area (Å²) in [6.45, 7) is 8.64. The number of aromatic nitrogens is 1. The van der Waals surface area contributed by atoms with Gasteiger partial charge in [0.15, 0.2) is 0 Å². The van der Waals surface area contributed by atoms with E-state index in [9.17, 15) is 0 Å². The fourth-order valence-electron chi connectivity index (χ4n) is 1.96. The van der Waals surface area contributed by atoms with Crippen LogP contribution in [0.2, 0.25) is 0 Å². The van der Waals surface area contributed by atoms with Crippen molar-refractivity contribution >= 4 is 18.0 Å². The molecule has 0 bridgehead atoms. The quantitative estimate of drug-likeness (QED) is 0.792. The minimum Gasteiger partial charge on any atom is -0.383 e. The van der Waals surface area contributed by atoms with Crippen LogP contribution in [0.15, 0.2) is 18.2 Å². The van der Waals surface area contributed by atoms with E-state index in [0.717, 1.165) is 16.8 Å². The molecule has 2 heteroatoms. The second kappa shape index (κ2) is 4.02. The van der Waals surface area contributed by atoms with Crippen LogP contribution in [0.3, 0.4) is 0 Å². The Balaban J connectivity index is 2.56. The van der Waals surface area contributed by atoms with Crippen molar-refractivity contribution in [3.05, 3.63) is 35.0 Å². The Labute approximate surface area is 103 Å². The first-order valence-electron chi connectivity index (χ1n) is 6.08. The number of hydrogen-bond acceptors (Lipinski definition) is 2. The largest absolute Gasteiger partial charge is 0.383 e. The Morgan fingerprint density at radius 1 is 1.18 bits per heavy atom. The van der Waals surface area contributed by atoms with Crippen molar-refractivity contribution in [1.82, 2.24) is 4.98 Å². The van der Waals surface area contributed by atoms with E-state index in [4.69, 9.17) is 5.73 Å². The maximum atomic E-state index is 6.00. The van der Waals surface area contributed by atoms with Gasteiger partial charge in [-0.25, -0.2) is 4.98 Å². The molecule has 2 nitrogen and oxygen atoms in total. The molecule has 1 aromatic heterocycles. The zero-order valence-corrected chi connectivity index (χ0v) is 11.0. The summed E-state index contributed by atoms with van der Waals surface area (Å²) in [7, 11) is 0. The molecule has 2 rings (SSSR count). The lowest BCUT2D eigenvalue weighted by Gasteiger charge is -2.11. The molecule has 1 aliphatic rings. The van der Waals surface area contributed by atoms with E-state index >= 15 is 0 Å². The SMILES string of the molecule is CC(C)c1cc2c(nc1N)C=CC(C)(C)C=C2. The monoisotopic (exact) mass is 228 g/mol. The van der Waals surface area contributed by atoms with Crippen molar-refractivity contribution in [2.75, 3.05) is 5.73 Å². The molecule has 0 fully saturated rings. The van der Waals surface area contributed by atoms with Crippen molar-refractivity contribution in [2.24, 2.45) is 5.41 Å². The second-order valence-electron chi connectivity index (χ2n) is 5.58.